The van der Waals surface area contributed by atoms with Gasteiger partial charge in [-0.15, -0.1) is 0 Å². The molecule has 1 saturated heterocycles. The van der Waals surface area contributed by atoms with Gasteiger partial charge in [0.2, 0.25) is 6.29 Å². The monoisotopic (exact) mass is 313 g/mol. The molecule has 1 amide bonds. The third kappa shape index (κ3) is 3.52. The largest absolute Gasteiger partial charge is 0.497 e. The first kappa shape index (κ1) is 15.5. The maximum atomic E-state index is 12.5. The first-order valence-corrected chi connectivity index (χ1v) is 7.50. The molecule has 0 spiro atoms. The molecule has 2 unspecified atom stereocenters. The van der Waals surface area contributed by atoms with Crippen molar-refractivity contribution in [1.82, 2.24) is 5.06 Å². The van der Waals surface area contributed by atoms with Crippen LogP contribution in [0.5, 0.6) is 5.75 Å². The number of nitrogens with zero attached hydrogens (tertiary/aromatic N) is 1. The van der Waals surface area contributed by atoms with E-state index >= 15 is 0 Å². The summed E-state index contributed by atoms with van der Waals surface area (Å²) in [6.07, 6.45) is -0.735. The second kappa shape index (κ2) is 6.81. The molecule has 2 aromatic carbocycles. The van der Waals surface area contributed by atoms with E-state index in [1.54, 1.807) is 19.2 Å². The molecule has 2 atom stereocenters. The second-order valence-corrected chi connectivity index (χ2v) is 5.39. The number of methoxy groups -OCH3 is 1. The SMILES string of the molecule is COc1ccc(C2OC(C)CN(C(=O)c3ccccc3)O2)cc1. The first-order chi connectivity index (χ1) is 11.2. The Kier molecular flexibility index (Phi) is 4.60. The van der Waals surface area contributed by atoms with Crippen molar-refractivity contribution in [3.05, 3.63) is 65.7 Å². The number of rotatable bonds is 3. The number of amides is 1. The molecule has 1 fully saturated rings. The van der Waals surface area contributed by atoms with Gasteiger partial charge in [0.15, 0.2) is 0 Å². The van der Waals surface area contributed by atoms with E-state index in [2.05, 4.69) is 0 Å². The van der Waals surface area contributed by atoms with Crippen molar-refractivity contribution in [2.24, 2.45) is 0 Å². The molecule has 0 aliphatic carbocycles. The van der Waals surface area contributed by atoms with Crippen LogP contribution in [0.2, 0.25) is 0 Å². The fourth-order valence-corrected chi connectivity index (χ4v) is 2.43. The zero-order chi connectivity index (χ0) is 16.2. The Hall–Kier alpha value is -2.37. The minimum absolute atomic E-state index is 0.122. The highest BCUT2D eigenvalue weighted by atomic mass is 16.8. The molecule has 0 radical (unpaired) electrons. The molecule has 5 nitrogen and oxygen atoms in total. The molecule has 1 aliphatic heterocycles. The van der Waals surface area contributed by atoms with E-state index in [1.807, 2.05) is 49.4 Å². The van der Waals surface area contributed by atoms with Gasteiger partial charge in [0.05, 0.1) is 19.8 Å². The molecule has 0 saturated carbocycles. The molecule has 5 heteroatoms. The van der Waals surface area contributed by atoms with Crippen LogP contribution in [0.1, 0.15) is 29.1 Å². The highest BCUT2D eigenvalue weighted by molar-refractivity contribution is 5.93. The van der Waals surface area contributed by atoms with Gasteiger partial charge in [0.1, 0.15) is 5.75 Å². The summed E-state index contributed by atoms with van der Waals surface area (Å²) in [5, 5.41) is 1.37. The van der Waals surface area contributed by atoms with Gasteiger partial charge in [-0.2, -0.15) is 0 Å². The Morgan fingerprint density at radius 3 is 2.48 bits per heavy atom. The number of carbonyl (C=O) groups excluding carboxylic acids is 1. The van der Waals surface area contributed by atoms with Gasteiger partial charge in [-0.3, -0.25) is 4.79 Å². The number of benzene rings is 2. The molecular formula is C18H19NO4. The van der Waals surface area contributed by atoms with E-state index < -0.39 is 6.29 Å². The Labute approximate surface area is 135 Å². The van der Waals surface area contributed by atoms with E-state index in [-0.39, 0.29) is 12.0 Å². The molecule has 0 bridgehead atoms. The molecule has 120 valence electrons. The second-order valence-electron chi connectivity index (χ2n) is 5.39. The first-order valence-electron chi connectivity index (χ1n) is 7.50. The van der Waals surface area contributed by atoms with Crippen LogP contribution in [0.25, 0.3) is 0 Å². The van der Waals surface area contributed by atoms with Crippen molar-refractivity contribution in [2.75, 3.05) is 13.7 Å². The normalized spacial score (nSPS) is 21.0. The van der Waals surface area contributed by atoms with Crippen molar-refractivity contribution < 1.29 is 19.1 Å². The Morgan fingerprint density at radius 1 is 1.13 bits per heavy atom. The quantitative estimate of drug-likeness (QED) is 0.873. The molecule has 23 heavy (non-hydrogen) atoms. The Bertz CT molecular complexity index is 656. The number of hydroxylamine groups is 2. The van der Waals surface area contributed by atoms with Crippen molar-refractivity contribution >= 4 is 5.91 Å². The van der Waals surface area contributed by atoms with E-state index in [4.69, 9.17) is 14.3 Å². The Morgan fingerprint density at radius 2 is 1.83 bits per heavy atom. The van der Waals surface area contributed by atoms with Gasteiger partial charge in [-0.25, -0.2) is 9.90 Å². The van der Waals surface area contributed by atoms with Gasteiger partial charge < -0.3 is 9.47 Å². The van der Waals surface area contributed by atoms with Crippen molar-refractivity contribution in [3.63, 3.8) is 0 Å². The fraction of sp³-hybridized carbons (Fsp3) is 0.278. The van der Waals surface area contributed by atoms with Crippen LogP contribution in [-0.4, -0.2) is 30.7 Å². The summed E-state index contributed by atoms with van der Waals surface area (Å²) in [5.74, 6) is 0.592. The van der Waals surface area contributed by atoms with Crippen LogP contribution in [-0.2, 0) is 9.57 Å². The maximum absolute atomic E-state index is 12.5. The predicted molar refractivity (Wildman–Crippen MR) is 84.8 cm³/mol. The average Bonchev–Trinajstić information content (AvgIpc) is 2.61. The maximum Gasteiger partial charge on any atom is 0.277 e. The topological polar surface area (TPSA) is 48.0 Å². The van der Waals surface area contributed by atoms with Crippen LogP contribution in [0.4, 0.5) is 0 Å². The zero-order valence-electron chi connectivity index (χ0n) is 13.1. The fourth-order valence-electron chi connectivity index (χ4n) is 2.43. The molecule has 0 aromatic heterocycles. The lowest BCUT2D eigenvalue weighted by Gasteiger charge is -2.36. The van der Waals surface area contributed by atoms with Crippen molar-refractivity contribution in [2.45, 2.75) is 19.3 Å². The smallest absolute Gasteiger partial charge is 0.277 e. The summed E-state index contributed by atoms with van der Waals surface area (Å²) in [4.78, 5) is 18.3. The average molecular weight is 313 g/mol. The molecule has 1 aliphatic rings. The van der Waals surface area contributed by atoms with Crippen molar-refractivity contribution in [3.8, 4) is 5.75 Å². The van der Waals surface area contributed by atoms with Gasteiger partial charge in [-0.1, -0.05) is 30.3 Å². The molecule has 2 aromatic rings. The summed E-state index contributed by atoms with van der Waals surface area (Å²) >= 11 is 0. The van der Waals surface area contributed by atoms with Crippen molar-refractivity contribution in [1.29, 1.82) is 0 Å². The van der Waals surface area contributed by atoms with Gasteiger partial charge in [0.25, 0.3) is 5.91 Å². The van der Waals surface area contributed by atoms with E-state index in [1.165, 1.54) is 5.06 Å². The standard InChI is InChI=1S/C18H19NO4/c1-13-12-19(17(20)14-6-4-3-5-7-14)23-18(22-13)15-8-10-16(21-2)11-9-15/h3-11,13,18H,12H2,1-2H3. The van der Waals surface area contributed by atoms with Gasteiger partial charge in [-0.05, 0) is 31.2 Å². The van der Waals surface area contributed by atoms with E-state index in [0.717, 1.165) is 11.3 Å². The lowest BCUT2D eigenvalue weighted by molar-refractivity contribution is -0.320. The highest BCUT2D eigenvalue weighted by Crippen LogP contribution is 2.28. The molecular weight excluding hydrogens is 294 g/mol. The summed E-state index contributed by atoms with van der Waals surface area (Å²) in [5.41, 5.74) is 1.43. The number of carbonyl (C=O) groups is 1. The molecule has 1 heterocycles. The summed E-state index contributed by atoms with van der Waals surface area (Å²) in [6.45, 7) is 2.31. The molecule has 3 rings (SSSR count). The van der Waals surface area contributed by atoms with Crippen LogP contribution < -0.4 is 4.74 Å². The summed E-state index contributed by atoms with van der Waals surface area (Å²) in [6, 6.07) is 16.5. The molecule has 0 N–H and O–H groups in total. The number of hydrogen-bond donors (Lipinski definition) is 0. The minimum atomic E-state index is -0.614. The number of ether oxygens (including phenoxy) is 2. The van der Waals surface area contributed by atoms with E-state index in [9.17, 15) is 4.79 Å². The van der Waals surface area contributed by atoms with Crippen LogP contribution in [0.15, 0.2) is 54.6 Å². The van der Waals surface area contributed by atoms with E-state index in [0.29, 0.717) is 12.1 Å². The predicted octanol–water partition coefficient (Wildman–Crippen LogP) is 3.19. The van der Waals surface area contributed by atoms with Crippen LogP contribution in [0.3, 0.4) is 0 Å². The van der Waals surface area contributed by atoms with Crippen LogP contribution in [0, 0.1) is 0 Å². The number of hydrogen-bond acceptors (Lipinski definition) is 4. The minimum Gasteiger partial charge on any atom is -0.497 e. The Balaban J connectivity index is 1.77. The van der Waals surface area contributed by atoms with Gasteiger partial charge in [0, 0.05) is 11.1 Å². The lowest BCUT2D eigenvalue weighted by atomic mass is 10.2. The third-order valence-electron chi connectivity index (χ3n) is 3.64. The van der Waals surface area contributed by atoms with Gasteiger partial charge >= 0.3 is 0 Å². The zero-order valence-corrected chi connectivity index (χ0v) is 13.1. The third-order valence-corrected chi connectivity index (χ3v) is 3.64. The summed E-state index contributed by atoms with van der Waals surface area (Å²) < 4.78 is 11.0. The highest BCUT2D eigenvalue weighted by Gasteiger charge is 2.31. The van der Waals surface area contributed by atoms with Crippen LogP contribution >= 0.6 is 0 Å². The lowest BCUT2D eigenvalue weighted by Crippen LogP contribution is -2.44. The summed E-state index contributed by atoms with van der Waals surface area (Å²) in [7, 11) is 1.62.